The van der Waals surface area contributed by atoms with Crippen LogP contribution in [-0.4, -0.2) is 38.7 Å². The van der Waals surface area contributed by atoms with E-state index in [1.807, 2.05) is 12.1 Å². The third-order valence-corrected chi connectivity index (χ3v) is 5.12. The highest BCUT2D eigenvalue weighted by molar-refractivity contribution is 6.06. The maximum atomic E-state index is 12.1. The van der Waals surface area contributed by atoms with Crippen molar-refractivity contribution in [2.45, 2.75) is 37.8 Å². The first kappa shape index (κ1) is 15.8. The summed E-state index contributed by atoms with van der Waals surface area (Å²) in [5.41, 5.74) is 7.88. The van der Waals surface area contributed by atoms with Crippen LogP contribution < -0.4 is 5.73 Å². The van der Waals surface area contributed by atoms with Gasteiger partial charge in [0.2, 0.25) is 0 Å². The number of nitrogens with zero attached hydrogens (tertiary/aromatic N) is 4. The minimum atomic E-state index is -0.433. The predicted octanol–water partition coefficient (Wildman–Crippen LogP) is 2.45. The predicted molar refractivity (Wildman–Crippen MR) is 93.7 cm³/mol. The molecule has 2 aromatic heterocycles. The molecule has 0 aliphatic heterocycles. The molecule has 1 amide bonds. The lowest BCUT2D eigenvalue weighted by atomic mass is 9.92. The van der Waals surface area contributed by atoms with E-state index in [4.69, 9.17) is 10.5 Å². The average Bonchev–Trinajstić information content (AvgIpc) is 3.30. The van der Waals surface area contributed by atoms with Crippen molar-refractivity contribution in [1.29, 1.82) is 0 Å². The zero-order valence-electron chi connectivity index (χ0n) is 14.1. The fourth-order valence-corrected chi connectivity index (χ4v) is 3.82. The molecular weight excluding hydrogens is 318 g/mol. The smallest absolute Gasteiger partial charge is 0.250 e. The van der Waals surface area contributed by atoms with E-state index in [9.17, 15) is 4.79 Å². The van der Waals surface area contributed by atoms with Crippen molar-refractivity contribution in [3.05, 3.63) is 42.4 Å². The molecule has 130 valence electrons. The number of carbonyl (C=O) groups excluding carboxylic acids is 1. The van der Waals surface area contributed by atoms with Crippen LogP contribution in [0.15, 0.2) is 36.8 Å². The Morgan fingerprint density at radius 2 is 2.04 bits per heavy atom. The van der Waals surface area contributed by atoms with Gasteiger partial charge in [0.25, 0.3) is 5.91 Å². The van der Waals surface area contributed by atoms with Gasteiger partial charge in [-0.15, -0.1) is 5.10 Å². The number of aromatic nitrogens is 4. The summed E-state index contributed by atoms with van der Waals surface area (Å²) in [7, 11) is 1.77. The van der Waals surface area contributed by atoms with Gasteiger partial charge in [-0.2, -0.15) is 0 Å². The molecule has 0 atom stereocenters. The summed E-state index contributed by atoms with van der Waals surface area (Å²) < 4.78 is 9.30. The van der Waals surface area contributed by atoms with Gasteiger partial charge >= 0.3 is 0 Å². The molecule has 0 unspecified atom stereocenters. The fraction of sp³-hybridized carbons (Fsp3) is 0.389. The largest absolute Gasteiger partial charge is 0.381 e. The Balaban J connectivity index is 1.78. The second kappa shape index (κ2) is 6.33. The highest BCUT2D eigenvalue weighted by Crippen LogP contribution is 2.34. The monoisotopic (exact) mass is 339 g/mol. The molecule has 1 aliphatic carbocycles. The fourth-order valence-electron chi connectivity index (χ4n) is 3.82. The molecule has 25 heavy (non-hydrogen) atoms. The summed E-state index contributed by atoms with van der Waals surface area (Å²) in [6.07, 6.45) is 9.87. The molecule has 4 rings (SSSR count). The first-order chi connectivity index (χ1) is 12.2. The summed E-state index contributed by atoms with van der Waals surface area (Å²) in [5, 5.41) is 8.81. The summed E-state index contributed by atoms with van der Waals surface area (Å²) in [6, 6.07) is 6.19. The van der Waals surface area contributed by atoms with Gasteiger partial charge < -0.3 is 15.0 Å². The maximum absolute atomic E-state index is 12.1. The highest BCUT2D eigenvalue weighted by atomic mass is 16.5. The van der Waals surface area contributed by atoms with Gasteiger partial charge in [-0.05, 0) is 43.9 Å². The SMILES string of the molecule is COC1CCC(n2ccc3cc(-n4ccnn4)cc(C(N)=O)c32)CC1. The minimum absolute atomic E-state index is 0.340. The van der Waals surface area contributed by atoms with Gasteiger partial charge in [-0.25, -0.2) is 4.68 Å². The molecule has 2 heterocycles. The van der Waals surface area contributed by atoms with E-state index in [-0.39, 0.29) is 0 Å². The molecule has 1 aromatic carbocycles. The number of nitrogens with two attached hydrogens (primary N) is 1. The maximum Gasteiger partial charge on any atom is 0.250 e. The summed E-state index contributed by atoms with van der Waals surface area (Å²) in [4.78, 5) is 12.1. The van der Waals surface area contributed by atoms with Crippen molar-refractivity contribution in [2.75, 3.05) is 7.11 Å². The number of ether oxygens (including phenoxy) is 1. The van der Waals surface area contributed by atoms with Crippen molar-refractivity contribution in [2.24, 2.45) is 5.73 Å². The topological polar surface area (TPSA) is 88.0 Å². The number of fused-ring (bicyclic) bond motifs is 1. The molecule has 3 aromatic rings. The number of carbonyl (C=O) groups is 1. The lowest BCUT2D eigenvalue weighted by Gasteiger charge is -2.29. The number of hydrogen-bond donors (Lipinski definition) is 1. The summed E-state index contributed by atoms with van der Waals surface area (Å²) >= 11 is 0. The lowest BCUT2D eigenvalue weighted by molar-refractivity contribution is 0.0589. The van der Waals surface area contributed by atoms with E-state index >= 15 is 0 Å². The van der Waals surface area contributed by atoms with E-state index in [2.05, 4.69) is 21.1 Å². The van der Waals surface area contributed by atoms with Crippen LogP contribution in [0.25, 0.3) is 16.6 Å². The Kier molecular flexibility index (Phi) is 4.01. The summed E-state index contributed by atoms with van der Waals surface area (Å²) in [5.74, 6) is -0.433. The first-order valence-electron chi connectivity index (χ1n) is 8.51. The molecule has 0 saturated heterocycles. The normalized spacial score (nSPS) is 20.8. The molecule has 1 saturated carbocycles. The highest BCUT2D eigenvalue weighted by Gasteiger charge is 2.24. The molecule has 0 bridgehead atoms. The zero-order chi connectivity index (χ0) is 17.4. The van der Waals surface area contributed by atoms with Crippen LogP contribution in [-0.2, 0) is 4.74 Å². The molecule has 1 fully saturated rings. The van der Waals surface area contributed by atoms with E-state index in [0.717, 1.165) is 42.3 Å². The third kappa shape index (κ3) is 2.80. The number of amides is 1. The molecule has 1 aliphatic rings. The Morgan fingerprint density at radius 3 is 2.68 bits per heavy atom. The number of methoxy groups -OCH3 is 1. The van der Waals surface area contributed by atoms with Crippen LogP contribution in [0.5, 0.6) is 0 Å². The van der Waals surface area contributed by atoms with Crippen LogP contribution in [0, 0.1) is 0 Å². The zero-order valence-corrected chi connectivity index (χ0v) is 14.1. The van der Waals surface area contributed by atoms with Gasteiger partial charge in [0, 0.05) is 24.7 Å². The molecule has 2 N–H and O–H groups in total. The van der Waals surface area contributed by atoms with E-state index in [0.29, 0.717) is 17.7 Å². The Labute approximate surface area is 145 Å². The molecular formula is C18H21N5O2. The van der Waals surface area contributed by atoms with Gasteiger partial charge in [-0.3, -0.25) is 4.79 Å². The van der Waals surface area contributed by atoms with Crippen molar-refractivity contribution < 1.29 is 9.53 Å². The number of rotatable bonds is 4. The third-order valence-electron chi connectivity index (χ3n) is 5.12. The Bertz CT molecular complexity index is 892. The molecule has 7 nitrogen and oxygen atoms in total. The average molecular weight is 339 g/mol. The molecule has 7 heteroatoms. The first-order valence-corrected chi connectivity index (χ1v) is 8.51. The second-order valence-corrected chi connectivity index (χ2v) is 6.53. The van der Waals surface area contributed by atoms with Gasteiger partial charge in [0.15, 0.2) is 0 Å². The van der Waals surface area contributed by atoms with Gasteiger partial charge in [-0.1, -0.05) is 5.21 Å². The molecule has 0 radical (unpaired) electrons. The van der Waals surface area contributed by atoms with Gasteiger partial charge in [0.05, 0.1) is 35.3 Å². The number of primary amides is 1. The number of benzene rings is 1. The van der Waals surface area contributed by atoms with E-state index in [1.54, 1.807) is 30.3 Å². The Hall–Kier alpha value is -2.67. The van der Waals surface area contributed by atoms with Crippen LogP contribution in [0.1, 0.15) is 42.1 Å². The van der Waals surface area contributed by atoms with Crippen LogP contribution in [0.4, 0.5) is 0 Å². The minimum Gasteiger partial charge on any atom is -0.381 e. The molecule has 0 spiro atoms. The van der Waals surface area contributed by atoms with Gasteiger partial charge in [0.1, 0.15) is 0 Å². The van der Waals surface area contributed by atoms with Crippen LogP contribution in [0.2, 0.25) is 0 Å². The lowest BCUT2D eigenvalue weighted by Crippen LogP contribution is -2.23. The Morgan fingerprint density at radius 1 is 1.24 bits per heavy atom. The van der Waals surface area contributed by atoms with Crippen LogP contribution in [0.3, 0.4) is 0 Å². The standard InChI is InChI=1S/C18H21N5O2/c1-25-15-4-2-13(3-5-15)22-8-6-12-10-14(23-9-7-20-21-23)11-16(17(12)22)18(19)24/h6-11,13,15H,2-5H2,1H3,(H2,19,24). The second-order valence-electron chi connectivity index (χ2n) is 6.53. The van der Waals surface area contributed by atoms with Crippen molar-refractivity contribution in [3.63, 3.8) is 0 Å². The number of hydrogen-bond acceptors (Lipinski definition) is 4. The van der Waals surface area contributed by atoms with Crippen molar-refractivity contribution >= 4 is 16.8 Å². The van der Waals surface area contributed by atoms with Crippen LogP contribution >= 0.6 is 0 Å². The van der Waals surface area contributed by atoms with E-state index < -0.39 is 5.91 Å². The van der Waals surface area contributed by atoms with E-state index in [1.165, 1.54) is 0 Å². The van der Waals surface area contributed by atoms with Crippen molar-refractivity contribution in [3.8, 4) is 5.69 Å². The summed E-state index contributed by atoms with van der Waals surface area (Å²) in [6.45, 7) is 0. The quantitative estimate of drug-likeness (QED) is 0.791. The van der Waals surface area contributed by atoms with Crippen molar-refractivity contribution in [1.82, 2.24) is 19.6 Å².